The molecule has 0 aliphatic heterocycles. The Hall–Kier alpha value is -1.59. The lowest BCUT2D eigenvalue weighted by Crippen LogP contribution is -2.36. The molecule has 118 valence electrons. The van der Waals surface area contributed by atoms with Gasteiger partial charge in [-0.05, 0) is 19.4 Å². The molecule has 0 unspecified atom stereocenters. The monoisotopic (exact) mass is 339 g/mol. The number of rotatable bonds is 6. The standard InChI is InChI=1S/C16H18ClNO3S/c1-3-9-18(10-13(19)21-4-2)16(20)15-14(17)11-7-5-6-8-12(11)22-15/h5-8H,3-4,9-10H2,1-2H3. The van der Waals surface area contributed by atoms with Gasteiger partial charge in [-0.3, -0.25) is 9.59 Å². The van der Waals surface area contributed by atoms with E-state index < -0.39 is 5.97 Å². The lowest BCUT2D eigenvalue weighted by molar-refractivity contribution is -0.143. The Bertz CT molecular complexity index is 683. The lowest BCUT2D eigenvalue weighted by atomic mass is 10.2. The van der Waals surface area contributed by atoms with Crippen molar-refractivity contribution < 1.29 is 14.3 Å². The topological polar surface area (TPSA) is 46.6 Å². The molecule has 0 aliphatic rings. The van der Waals surface area contributed by atoms with Gasteiger partial charge in [-0.15, -0.1) is 11.3 Å². The molecule has 0 N–H and O–H groups in total. The van der Waals surface area contributed by atoms with Crippen molar-refractivity contribution >= 4 is 44.9 Å². The SMILES string of the molecule is CCCN(CC(=O)OCC)C(=O)c1sc2ccccc2c1Cl. The van der Waals surface area contributed by atoms with Crippen molar-refractivity contribution in [2.24, 2.45) is 0 Å². The summed E-state index contributed by atoms with van der Waals surface area (Å²) in [5, 5.41) is 1.32. The first-order valence-electron chi connectivity index (χ1n) is 7.20. The lowest BCUT2D eigenvalue weighted by Gasteiger charge is -2.20. The van der Waals surface area contributed by atoms with Crippen LogP contribution in [0.25, 0.3) is 10.1 Å². The first-order valence-corrected chi connectivity index (χ1v) is 8.39. The Morgan fingerprint density at radius 1 is 1.27 bits per heavy atom. The zero-order chi connectivity index (χ0) is 16.1. The van der Waals surface area contributed by atoms with E-state index in [1.807, 2.05) is 31.2 Å². The summed E-state index contributed by atoms with van der Waals surface area (Å²) in [5.74, 6) is -0.623. The number of amides is 1. The van der Waals surface area contributed by atoms with E-state index in [0.717, 1.165) is 16.5 Å². The third-order valence-corrected chi connectivity index (χ3v) is 4.80. The molecule has 0 saturated carbocycles. The summed E-state index contributed by atoms with van der Waals surface area (Å²) in [7, 11) is 0. The van der Waals surface area contributed by atoms with Gasteiger partial charge in [-0.1, -0.05) is 36.7 Å². The minimum absolute atomic E-state index is 0.0505. The van der Waals surface area contributed by atoms with Crippen LogP contribution < -0.4 is 0 Å². The highest BCUT2D eigenvalue weighted by Crippen LogP contribution is 2.35. The highest BCUT2D eigenvalue weighted by Gasteiger charge is 2.24. The number of fused-ring (bicyclic) bond motifs is 1. The van der Waals surface area contributed by atoms with E-state index in [2.05, 4.69) is 0 Å². The van der Waals surface area contributed by atoms with Crippen LogP contribution >= 0.6 is 22.9 Å². The number of hydrogen-bond acceptors (Lipinski definition) is 4. The summed E-state index contributed by atoms with van der Waals surface area (Å²) >= 11 is 7.69. The van der Waals surface area contributed by atoms with E-state index in [9.17, 15) is 9.59 Å². The number of carbonyl (C=O) groups excluding carboxylic acids is 2. The molecule has 4 nitrogen and oxygen atoms in total. The van der Waals surface area contributed by atoms with E-state index in [1.54, 1.807) is 6.92 Å². The van der Waals surface area contributed by atoms with Gasteiger partial charge < -0.3 is 9.64 Å². The van der Waals surface area contributed by atoms with Crippen LogP contribution in [0.15, 0.2) is 24.3 Å². The van der Waals surface area contributed by atoms with Gasteiger partial charge >= 0.3 is 5.97 Å². The average molecular weight is 340 g/mol. The number of thiophene rings is 1. The molecule has 0 fully saturated rings. The molecule has 0 radical (unpaired) electrons. The van der Waals surface area contributed by atoms with Crippen LogP contribution in [0, 0.1) is 0 Å². The molecule has 0 atom stereocenters. The van der Waals surface area contributed by atoms with E-state index in [-0.39, 0.29) is 12.5 Å². The molecule has 6 heteroatoms. The minimum atomic E-state index is -0.401. The van der Waals surface area contributed by atoms with Crippen molar-refractivity contribution in [1.82, 2.24) is 4.90 Å². The fourth-order valence-corrected chi connectivity index (χ4v) is 3.66. The summed E-state index contributed by atoms with van der Waals surface area (Å²) in [5.41, 5.74) is 0. The second kappa shape index (κ2) is 7.61. The Labute approximate surface area is 138 Å². The third-order valence-electron chi connectivity index (χ3n) is 3.14. The third kappa shape index (κ3) is 3.59. The van der Waals surface area contributed by atoms with Crippen molar-refractivity contribution in [3.63, 3.8) is 0 Å². The number of esters is 1. The summed E-state index contributed by atoms with van der Waals surface area (Å²) < 4.78 is 5.89. The smallest absolute Gasteiger partial charge is 0.325 e. The van der Waals surface area contributed by atoms with Crippen LogP contribution in [0.4, 0.5) is 0 Å². The van der Waals surface area contributed by atoms with E-state index >= 15 is 0 Å². The fraction of sp³-hybridized carbons (Fsp3) is 0.375. The zero-order valence-electron chi connectivity index (χ0n) is 12.6. The van der Waals surface area contributed by atoms with Crippen molar-refractivity contribution in [3.8, 4) is 0 Å². The molecule has 2 aromatic rings. The van der Waals surface area contributed by atoms with E-state index in [4.69, 9.17) is 16.3 Å². The molecule has 0 aliphatic carbocycles. The van der Waals surface area contributed by atoms with E-state index in [0.29, 0.717) is 23.1 Å². The van der Waals surface area contributed by atoms with Gasteiger partial charge in [-0.2, -0.15) is 0 Å². The average Bonchev–Trinajstić information content (AvgIpc) is 2.84. The first kappa shape index (κ1) is 16.8. The number of nitrogens with zero attached hydrogens (tertiary/aromatic N) is 1. The molecular formula is C16H18ClNO3S. The molecule has 2 rings (SSSR count). The second-order valence-corrected chi connectivity index (χ2v) is 6.20. The van der Waals surface area contributed by atoms with Crippen molar-refractivity contribution in [1.29, 1.82) is 0 Å². The van der Waals surface area contributed by atoms with Gasteiger partial charge in [0, 0.05) is 16.6 Å². The summed E-state index contributed by atoms with van der Waals surface area (Å²) in [4.78, 5) is 26.4. The normalized spacial score (nSPS) is 10.7. The summed E-state index contributed by atoms with van der Waals surface area (Å²) in [6.45, 7) is 4.44. The molecule has 1 heterocycles. The van der Waals surface area contributed by atoms with Crippen molar-refractivity contribution in [2.45, 2.75) is 20.3 Å². The largest absolute Gasteiger partial charge is 0.465 e. The maximum Gasteiger partial charge on any atom is 0.325 e. The van der Waals surface area contributed by atoms with E-state index in [1.165, 1.54) is 16.2 Å². The van der Waals surface area contributed by atoms with Crippen LogP contribution in [-0.4, -0.2) is 36.5 Å². The minimum Gasteiger partial charge on any atom is -0.465 e. The predicted octanol–water partition coefficient (Wildman–Crippen LogP) is 3.97. The van der Waals surface area contributed by atoms with Crippen LogP contribution in [0.2, 0.25) is 5.02 Å². The number of ether oxygens (including phenoxy) is 1. The van der Waals surface area contributed by atoms with Gasteiger partial charge in [0.05, 0.1) is 11.6 Å². The molecule has 0 saturated heterocycles. The fourth-order valence-electron chi connectivity index (χ4n) is 2.18. The molecule has 0 spiro atoms. The molecule has 0 bridgehead atoms. The number of hydrogen-bond donors (Lipinski definition) is 0. The highest BCUT2D eigenvalue weighted by atomic mass is 35.5. The molecule has 1 amide bonds. The number of carbonyl (C=O) groups is 2. The van der Waals surface area contributed by atoms with Crippen LogP contribution in [-0.2, 0) is 9.53 Å². The Kier molecular flexibility index (Phi) is 5.80. The van der Waals surface area contributed by atoms with Gasteiger partial charge in [0.2, 0.25) is 0 Å². The Balaban J connectivity index is 2.28. The highest BCUT2D eigenvalue weighted by molar-refractivity contribution is 7.21. The van der Waals surface area contributed by atoms with Crippen LogP contribution in [0.1, 0.15) is 29.9 Å². The van der Waals surface area contributed by atoms with Gasteiger partial charge in [-0.25, -0.2) is 0 Å². The van der Waals surface area contributed by atoms with Crippen molar-refractivity contribution in [3.05, 3.63) is 34.2 Å². The quantitative estimate of drug-likeness (QED) is 0.748. The maximum absolute atomic E-state index is 12.7. The number of halogens is 1. The van der Waals surface area contributed by atoms with Gasteiger partial charge in [0.15, 0.2) is 0 Å². The van der Waals surface area contributed by atoms with Crippen molar-refractivity contribution in [2.75, 3.05) is 19.7 Å². The maximum atomic E-state index is 12.7. The molecule has 22 heavy (non-hydrogen) atoms. The van der Waals surface area contributed by atoms with Crippen LogP contribution in [0.5, 0.6) is 0 Å². The Morgan fingerprint density at radius 2 is 2.00 bits per heavy atom. The van der Waals surface area contributed by atoms with Gasteiger partial charge in [0.1, 0.15) is 11.4 Å². The first-order chi connectivity index (χ1) is 10.6. The van der Waals surface area contributed by atoms with Gasteiger partial charge in [0.25, 0.3) is 5.91 Å². The molecule has 1 aromatic heterocycles. The second-order valence-electron chi connectivity index (χ2n) is 4.77. The Morgan fingerprint density at radius 3 is 2.64 bits per heavy atom. The summed E-state index contributed by atoms with van der Waals surface area (Å²) in [6, 6.07) is 7.61. The molecule has 1 aromatic carbocycles. The van der Waals surface area contributed by atoms with Crippen LogP contribution in [0.3, 0.4) is 0 Å². The number of benzene rings is 1. The molecular weight excluding hydrogens is 322 g/mol. The predicted molar refractivity (Wildman–Crippen MR) is 89.7 cm³/mol. The summed E-state index contributed by atoms with van der Waals surface area (Å²) in [6.07, 6.45) is 0.758. The zero-order valence-corrected chi connectivity index (χ0v) is 14.2.